The number of urea groups is 1. The average molecular weight is 343 g/mol. The van der Waals surface area contributed by atoms with Crippen molar-refractivity contribution in [1.82, 2.24) is 20.2 Å². The highest BCUT2D eigenvalue weighted by atomic mass is 16.2. The van der Waals surface area contributed by atoms with E-state index in [4.69, 9.17) is 0 Å². The van der Waals surface area contributed by atoms with E-state index in [1.54, 1.807) is 36.8 Å². The molecule has 1 heterocycles. The molecule has 0 radical (unpaired) electrons. The van der Waals surface area contributed by atoms with Gasteiger partial charge in [-0.2, -0.15) is 0 Å². The molecule has 0 spiro atoms. The molecule has 7 heteroatoms. The van der Waals surface area contributed by atoms with E-state index in [2.05, 4.69) is 20.9 Å². The Morgan fingerprint density at radius 1 is 1.20 bits per heavy atom. The molecule has 0 aliphatic rings. The quantitative estimate of drug-likeness (QED) is 0.722. The summed E-state index contributed by atoms with van der Waals surface area (Å²) in [4.78, 5) is 28.0. The smallest absolute Gasteiger partial charge is 0.319 e. The van der Waals surface area contributed by atoms with Gasteiger partial charge >= 0.3 is 6.03 Å². The molecule has 2 aromatic rings. The van der Waals surface area contributed by atoms with Crippen molar-refractivity contribution in [2.75, 3.05) is 11.9 Å². The van der Waals surface area contributed by atoms with Gasteiger partial charge < -0.3 is 20.5 Å². The van der Waals surface area contributed by atoms with E-state index in [-0.39, 0.29) is 17.5 Å². The number of carbonyl (C=O) groups is 2. The highest BCUT2D eigenvalue weighted by Gasteiger charge is 2.18. The van der Waals surface area contributed by atoms with Gasteiger partial charge in [-0.3, -0.25) is 4.79 Å². The normalized spacial score (nSPS) is 11.0. The summed E-state index contributed by atoms with van der Waals surface area (Å²) in [7, 11) is 0. The van der Waals surface area contributed by atoms with Gasteiger partial charge in [0.05, 0.1) is 6.33 Å². The number of hydrogen-bond acceptors (Lipinski definition) is 3. The maximum atomic E-state index is 12.2. The fraction of sp³-hybridized carbons (Fsp3) is 0.389. The van der Waals surface area contributed by atoms with E-state index in [1.165, 1.54) is 0 Å². The lowest BCUT2D eigenvalue weighted by molar-refractivity contribution is 0.0911. The molecule has 2 rings (SSSR count). The predicted molar refractivity (Wildman–Crippen MR) is 97.5 cm³/mol. The molecule has 0 unspecified atom stereocenters. The van der Waals surface area contributed by atoms with Crippen molar-refractivity contribution in [3.05, 3.63) is 48.5 Å². The molecule has 0 saturated heterocycles. The Balaban J connectivity index is 1.81. The molecule has 134 valence electrons. The molecule has 0 atom stereocenters. The summed E-state index contributed by atoms with van der Waals surface area (Å²) in [6, 6.07) is 6.53. The minimum Gasteiger partial charge on any atom is -0.347 e. The summed E-state index contributed by atoms with van der Waals surface area (Å²) in [6.07, 6.45) is 6.07. The van der Waals surface area contributed by atoms with Crippen molar-refractivity contribution in [2.45, 2.75) is 39.3 Å². The number of anilines is 1. The second-order valence-electron chi connectivity index (χ2n) is 6.45. The lowest BCUT2D eigenvalue weighted by atomic mass is 10.0. The van der Waals surface area contributed by atoms with Crippen LogP contribution in [0.1, 0.15) is 37.6 Å². The Kier molecular flexibility index (Phi) is 6.16. The largest absolute Gasteiger partial charge is 0.347 e. The number of hydrogen-bond donors (Lipinski definition) is 3. The van der Waals surface area contributed by atoms with Crippen LogP contribution < -0.4 is 16.0 Å². The van der Waals surface area contributed by atoms with Crippen LogP contribution in [0.25, 0.3) is 0 Å². The molecule has 0 fully saturated rings. The van der Waals surface area contributed by atoms with E-state index in [0.29, 0.717) is 24.3 Å². The number of amides is 3. The Bertz CT molecular complexity index is 693. The SMILES string of the molecule is CCC(C)(C)NC(=O)c1ccc(NC(=O)NCCn2ccnc2)cc1. The van der Waals surface area contributed by atoms with Crippen LogP contribution in [0.4, 0.5) is 10.5 Å². The number of nitrogens with one attached hydrogen (secondary N) is 3. The van der Waals surface area contributed by atoms with Crippen LogP contribution in [0.3, 0.4) is 0 Å². The molecule has 0 saturated carbocycles. The van der Waals surface area contributed by atoms with Crippen LogP contribution in [0, 0.1) is 0 Å². The van der Waals surface area contributed by atoms with Crippen LogP contribution in [-0.2, 0) is 6.54 Å². The average Bonchev–Trinajstić information content (AvgIpc) is 3.08. The number of benzene rings is 1. The van der Waals surface area contributed by atoms with Gasteiger partial charge in [0.15, 0.2) is 0 Å². The number of nitrogens with zero attached hydrogens (tertiary/aromatic N) is 2. The monoisotopic (exact) mass is 343 g/mol. The van der Waals surface area contributed by atoms with Gasteiger partial charge in [0.1, 0.15) is 0 Å². The summed E-state index contributed by atoms with van der Waals surface area (Å²) >= 11 is 0. The van der Waals surface area contributed by atoms with Crippen LogP contribution in [0.2, 0.25) is 0 Å². The number of aromatic nitrogens is 2. The standard InChI is InChI=1S/C18H25N5O2/c1-4-18(2,3)22-16(24)14-5-7-15(8-6-14)21-17(25)20-10-12-23-11-9-19-13-23/h5-9,11,13H,4,10,12H2,1-3H3,(H,22,24)(H2,20,21,25). The summed E-state index contributed by atoms with van der Waals surface area (Å²) in [6.45, 7) is 7.14. The Hall–Kier alpha value is -2.83. The first kappa shape index (κ1) is 18.5. The Labute approximate surface area is 147 Å². The molecule has 3 amide bonds. The lowest BCUT2D eigenvalue weighted by Crippen LogP contribution is -2.42. The van der Waals surface area contributed by atoms with Gasteiger partial charge in [0.25, 0.3) is 5.91 Å². The van der Waals surface area contributed by atoms with E-state index >= 15 is 0 Å². The van der Waals surface area contributed by atoms with Gasteiger partial charge in [-0.05, 0) is 44.5 Å². The molecule has 1 aromatic carbocycles. The molecular weight excluding hydrogens is 318 g/mol. The second-order valence-corrected chi connectivity index (χ2v) is 6.45. The Morgan fingerprint density at radius 3 is 2.52 bits per heavy atom. The Morgan fingerprint density at radius 2 is 1.92 bits per heavy atom. The van der Waals surface area contributed by atoms with Crippen molar-refractivity contribution < 1.29 is 9.59 Å². The van der Waals surface area contributed by atoms with Crippen molar-refractivity contribution in [3.63, 3.8) is 0 Å². The van der Waals surface area contributed by atoms with E-state index in [1.807, 2.05) is 31.5 Å². The fourth-order valence-electron chi connectivity index (χ4n) is 2.07. The molecule has 7 nitrogen and oxygen atoms in total. The van der Waals surface area contributed by atoms with Crippen molar-refractivity contribution in [3.8, 4) is 0 Å². The summed E-state index contributed by atoms with van der Waals surface area (Å²) in [5.74, 6) is -0.122. The van der Waals surface area contributed by atoms with Crippen LogP contribution >= 0.6 is 0 Å². The van der Waals surface area contributed by atoms with Crippen molar-refractivity contribution in [1.29, 1.82) is 0 Å². The van der Waals surface area contributed by atoms with Gasteiger partial charge in [0, 0.05) is 42.3 Å². The van der Waals surface area contributed by atoms with Gasteiger partial charge in [-0.25, -0.2) is 9.78 Å². The van der Waals surface area contributed by atoms with Crippen LogP contribution in [-0.4, -0.2) is 33.6 Å². The minimum atomic E-state index is -0.288. The van der Waals surface area contributed by atoms with Crippen molar-refractivity contribution >= 4 is 17.6 Å². The maximum absolute atomic E-state index is 12.2. The topological polar surface area (TPSA) is 88.0 Å². The first-order valence-electron chi connectivity index (χ1n) is 8.33. The number of imidazole rings is 1. The van der Waals surface area contributed by atoms with Gasteiger partial charge in [-0.1, -0.05) is 6.92 Å². The lowest BCUT2D eigenvalue weighted by Gasteiger charge is -2.24. The third-order valence-electron chi connectivity index (χ3n) is 3.96. The van der Waals surface area contributed by atoms with Crippen LogP contribution in [0.15, 0.2) is 43.0 Å². The predicted octanol–water partition coefficient (Wildman–Crippen LogP) is 2.62. The third kappa shape index (κ3) is 5.95. The molecule has 0 aliphatic carbocycles. The van der Waals surface area contributed by atoms with Crippen molar-refractivity contribution in [2.24, 2.45) is 0 Å². The second kappa shape index (κ2) is 8.32. The fourth-order valence-corrected chi connectivity index (χ4v) is 2.07. The first-order chi connectivity index (χ1) is 11.9. The maximum Gasteiger partial charge on any atom is 0.319 e. The molecule has 0 bridgehead atoms. The van der Waals surface area contributed by atoms with Gasteiger partial charge in [-0.15, -0.1) is 0 Å². The number of carbonyl (C=O) groups excluding carboxylic acids is 2. The molecular formula is C18H25N5O2. The summed E-state index contributed by atoms with van der Waals surface area (Å²) in [5, 5.41) is 8.49. The van der Waals surface area contributed by atoms with Crippen LogP contribution in [0.5, 0.6) is 0 Å². The summed E-state index contributed by atoms with van der Waals surface area (Å²) < 4.78 is 1.88. The van der Waals surface area contributed by atoms with E-state index in [0.717, 1.165) is 6.42 Å². The van der Waals surface area contributed by atoms with E-state index < -0.39 is 0 Å². The van der Waals surface area contributed by atoms with E-state index in [9.17, 15) is 9.59 Å². The molecule has 3 N–H and O–H groups in total. The summed E-state index contributed by atoms with van der Waals surface area (Å²) in [5.41, 5.74) is 0.947. The zero-order valence-electron chi connectivity index (χ0n) is 14.9. The zero-order chi connectivity index (χ0) is 18.3. The zero-order valence-corrected chi connectivity index (χ0v) is 14.9. The highest BCUT2D eigenvalue weighted by Crippen LogP contribution is 2.12. The molecule has 25 heavy (non-hydrogen) atoms. The number of rotatable bonds is 7. The third-order valence-corrected chi connectivity index (χ3v) is 3.96. The molecule has 1 aromatic heterocycles. The van der Waals surface area contributed by atoms with Gasteiger partial charge in [0.2, 0.25) is 0 Å². The first-order valence-corrected chi connectivity index (χ1v) is 8.33. The minimum absolute atomic E-state index is 0.122. The molecule has 0 aliphatic heterocycles. The highest BCUT2D eigenvalue weighted by molar-refractivity contribution is 5.95.